The van der Waals surface area contributed by atoms with Crippen LogP contribution in [0.3, 0.4) is 0 Å². The predicted molar refractivity (Wildman–Crippen MR) is 128 cm³/mol. The SMILES string of the molecule is CC[C@H]1OC(=O)[C@H](C)[C@@H](O)[C@H](C)[C@@H](OC(C)C)[C@](C)(O)C[C@@H](C)CN(C)[C@H](C)[C@@H](O)[C@]1(C)O. The summed E-state index contributed by atoms with van der Waals surface area (Å²) in [5.41, 5.74) is -2.96. The summed E-state index contributed by atoms with van der Waals surface area (Å²) in [6, 6.07) is -0.435. The highest BCUT2D eigenvalue weighted by molar-refractivity contribution is 5.73. The minimum absolute atomic E-state index is 0.0228. The number of carbonyl (C=O) groups excluding carboxylic acids is 1. The molecular formula is C25H49NO7. The van der Waals surface area contributed by atoms with Gasteiger partial charge in [-0.1, -0.05) is 20.8 Å². The van der Waals surface area contributed by atoms with Gasteiger partial charge in [0.05, 0.1) is 29.8 Å². The van der Waals surface area contributed by atoms with Crippen molar-refractivity contribution in [3.8, 4) is 0 Å². The van der Waals surface area contributed by atoms with Crippen LogP contribution in [0.1, 0.15) is 75.2 Å². The maximum atomic E-state index is 13.0. The summed E-state index contributed by atoms with van der Waals surface area (Å²) in [4.78, 5) is 14.9. The van der Waals surface area contributed by atoms with Crippen molar-refractivity contribution in [2.45, 2.75) is 123 Å². The number of aliphatic hydroxyl groups excluding tert-OH is 2. The predicted octanol–water partition coefficient (Wildman–Crippen LogP) is 1.96. The van der Waals surface area contributed by atoms with Gasteiger partial charge in [-0.15, -0.1) is 0 Å². The Hall–Kier alpha value is -0.770. The third kappa shape index (κ3) is 7.36. The average molecular weight is 476 g/mol. The number of hydrogen-bond donors (Lipinski definition) is 4. The number of aliphatic hydroxyl groups is 4. The van der Waals surface area contributed by atoms with Gasteiger partial charge in [0.25, 0.3) is 0 Å². The van der Waals surface area contributed by atoms with E-state index >= 15 is 0 Å². The summed E-state index contributed by atoms with van der Waals surface area (Å²) >= 11 is 0. The molecule has 0 aromatic rings. The van der Waals surface area contributed by atoms with Crippen LogP contribution in [0.2, 0.25) is 0 Å². The quantitative estimate of drug-likeness (QED) is 0.457. The number of carbonyl (C=O) groups is 1. The van der Waals surface area contributed by atoms with Gasteiger partial charge in [0.2, 0.25) is 0 Å². The second-order valence-corrected chi connectivity index (χ2v) is 11.1. The second-order valence-electron chi connectivity index (χ2n) is 11.1. The van der Waals surface area contributed by atoms with Crippen LogP contribution in [0, 0.1) is 17.8 Å². The van der Waals surface area contributed by atoms with Crippen molar-refractivity contribution in [3.05, 3.63) is 0 Å². The van der Waals surface area contributed by atoms with Crippen LogP contribution >= 0.6 is 0 Å². The molecule has 0 amide bonds. The van der Waals surface area contributed by atoms with Gasteiger partial charge in [0, 0.05) is 18.5 Å². The van der Waals surface area contributed by atoms with E-state index in [4.69, 9.17) is 9.47 Å². The van der Waals surface area contributed by atoms with E-state index in [-0.39, 0.29) is 12.0 Å². The topological polar surface area (TPSA) is 120 Å². The molecule has 0 saturated carbocycles. The first-order chi connectivity index (χ1) is 15.0. The van der Waals surface area contributed by atoms with Gasteiger partial charge in [-0.25, -0.2) is 0 Å². The molecular weight excluding hydrogens is 426 g/mol. The highest BCUT2D eigenvalue weighted by Gasteiger charge is 2.47. The molecule has 1 aliphatic rings. The van der Waals surface area contributed by atoms with Crippen molar-refractivity contribution < 1.29 is 34.7 Å². The van der Waals surface area contributed by atoms with Crippen molar-refractivity contribution in [2.24, 2.45) is 17.8 Å². The number of rotatable bonds is 3. The molecule has 0 spiro atoms. The number of hydrogen-bond acceptors (Lipinski definition) is 8. The van der Waals surface area contributed by atoms with E-state index in [0.717, 1.165) is 0 Å². The van der Waals surface area contributed by atoms with Gasteiger partial charge in [-0.05, 0) is 67.3 Å². The maximum Gasteiger partial charge on any atom is 0.311 e. The summed E-state index contributed by atoms with van der Waals surface area (Å²) in [5, 5.41) is 44.8. The van der Waals surface area contributed by atoms with Crippen molar-refractivity contribution in [1.29, 1.82) is 0 Å². The number of esters is 1. The van der Waals surface area contributed by atoms with Crippen molar-refractivity contribution in [3.63, 3.8) is 0 Å². The first kappa shape index (κ1) is 30.3. The number of nitrogens with zero attached hydrogens (tertiary/aromatic N) is 1. The lowest BCUT2D eigenvalue weighted by molar-refractivity contribution is -0.195. The Balaban J connectivity index is 3.47. The van der Waals surface area contributed by atoms with Crippen molar-refractivity contribution in [1.82, 2.24) is 4.90 Å². The highest BCUT2D eigenvalue weighted by atomic mass is 16.6. The number of cyclic esters (lactones) is 1. The molecule has 1 rings (SSSR count). The van der Waals surface area contributed by atoms with Gasteiger partial charge in [0.15, 0.2) is 0 Å². The molecule has 196 valence electrons. The maximum absolute atomic E-state index is 13.0. The molecule has 0 aromatic carbocycles. The van der Waals surface area contributed by atoms with Crippen LogP contribution in [0.25, 0.3) is 0 Å². The third-order valence-corrected chi connectivity index (χ3v) is 7.33. The summed E-state index contributed by atoms with van der Waals surface area (Å²) in [7, 11) is 1.86. The van der Waals surface area contributed by atoms with Crippen LogP contribution < -0.4 is 0 Å². The molecule has 1 aliphatic heterocycles. The first-order valence-corrected chi connectivity index (χ1v) is 12.3. The van der Waals surface area contributed by atoms with Crippen LogP contribution in [-0.2, 0) is 14.3 Å². The Morgan fingerprint density at radius 1 is 1.15 bits per heavy atom. The van der Waals surface area contributed by atoms with Gasteiger partial charge in [-0.3, -0.25) is 4.79 Å². The molecule has 1 saturated heterocycles. The van der Waals surface area contributed by atoms with Crippen LogP contribution in [0.5, 0.6) is 0 Å². The van der Waals surface area contributed by atoms with Gasteiger partial charge < -0.3 is 34.8 Å². The summed E-state index contributed by atoms with van der Waals surface area (Å²) < 4.78 is 11.7. The standard InChI is InChI=1S/C25H49NO7/c1-11-19-25(9,31)21(28)18(7)26(10)13-15(4)12-24(8,30)22(32-14(2)3)16(5)20(27)17(6)23(29)33-19/h14-22,27-28,30-31H,11-13H2,1-10H3/t15-,16+,17-,18-,19-,20+,21-,22-,24-,25-/m1/s1. The van der Waals surface area contributed by atoms with E-state index < -0.39 is 59.5 Å². The number of likely N-dealkylation sites (N-methyl/N-ethyl adjacent to an activating group) is 1. The summed E-state index contributed by atoms with van der Waals surface area (Å²) in [5.74, 6) is -2.13. The Bertz CT molecular complexity index is 624. The zero-order chi connectivity index (χ0) is 25.9. The molecule has 10 atom stereocenters. The molecule has 33 heavy (non-hydrogen) atoms. The Morgan fingerprint density at radius 3 is 2.18 bits per heavy atom. The highest BCUT2D eigenvalue weighted by Crippen LogP contribution is 2.34. The zero-order valence-electron chi connectivity index (χ0n) is 22.3. The van der Waals surface area contributed by atoms with Gasteiger partial charge in [-0.2, -0.15) is 0 Å². The lowest BCUT2D eigenvalue weighted by atomic mass is 9.78. The lowest BCUT2D eigenvalue weighted by Crippen LogP contribution is -2.59. The normalized spacial score (nSPS) is 45.4. The minimum atomic E-state index is -1.69. The van der Waals surface area contributed by atoms with Crippen LogP contribution in [0.4, 0.5) is 0 Å². The monoisotopic (exact) mass is 475 g/mol. The zero-order valence-corrected chi connectivity index (χ0v) is 22.3. The summed E-state index contributed by atoms with van der Waals surface area (Å²) in [6.07, 6.45) is -3.48. The fourth-order valence-electron chi connectivity index (χ4n) is 5.23. The molecule has 8 nitrogen and oxygen atoms in total. The van der Waals surface area contributed by atoms with E-state index in [1.54, 1.807) is 27.7 Å². The fourth-order valence-corrected chi connectivity index (χ4v) is 5.23. The Morgan fingerprint density at radius 2 is 1.70 bits per heavy atom. The molecule has 4 N–H and O–H groups in total. The summed E-state index contributed by atoms with van der Waals surface area (Å²) in [6.45, 7) is 16.4. The van der Waals surface area contributed by atoms with E-state index in [1.807, 2.05) is 39.6 Å². The molecule has 0 aromatic heterocycles. The average Bonchev–Trinajstić information content (AvgIpc) is 2.71. The van der Waals surface area contributed by atoms with Crippen LogP contribution in [-0.4, -0.2) is 92.7 Å². The van der Waals surface area contributed by atoms with Gasteiger partial charge >= 0.3 is 5.97 Å². The fraction of sp³-hybridized carbons (Fsp3) is 0.960. The molecule has 0 radical (unpaired) electrons. The largest absolute Gasteiger partial charge is 0.459 e. The van der Waals surface area contributed by atoms with Gasteiger partial charge in [0.1, 0.15) is 17.8 Å². The molecule has 1 heterocycles. The van der Waals surface area contributed by atoms with Crippen LogP contribution in [0.15, 0.2) is 0 Å². The molecule has 0 aliphatic carbocycles. The minimum Gasteiger partial charge on any atom is -0.459 e. The van der Waals surface area contributed by atoms with Crippen molar-refractivity contribution >= 4 is 5.97 Å². The molecule has 0 unspecified atom stereocenters. The van der Waals surface area contributed by atoms with E-state index in [9.17, 15) is 25.2 Å². The Labute approximate surface area is 200 Å². The second kappa shape index (κ2) is 11.8. The van der Waals surface area contributed by atoms with E-state index in [1.165, 1.54) is 6.92 Å². The first-order valence-electron chi connectivity index (χ1n) is 12.3. The molecule has 8 heteroatoms. The lowest BCUT2D eigenvalue weighted by Gasteiger charge is -2.42. The van der Waals surface area contributed by atoms with E-state index in [2.05, 4.69) is 0 Å². The molecule has 0 bridgehead atoms. The van der Waals surface area contributed by atoms with Crippen molar-refractivity contribution in [2.75, 3.05) is 13.6 Å². The molecule has 1 fully saturated rings. The van der Waals surface area contributed by atoms with E-state index in [0.29, 0.717) is 19.4 Å². The Kier molecular flexibility index (Phi) is 10.8. The number of ether oxygens (including phenoxy) is 2. The smallest absolute Gasteiger partial charge is 0.311 e. The third-order valence-electron chi connectivity index (χ3n) is 7.33.